The Morgan fingerprint density at radius 2 is 1.83 bits per heavy atom. The number of aromatic amines is 1. The van der Waals surface area contributed by atoms with Gasteiger partial charge < -0.3 is 4.98 Å². The molecule has 1 aromatic heterocycles. The predicted molar refractivity (Wildman–Crippen MR) is 88.2 cm³/mol. The molecule has 0 aliphatic heterocycles. The molecule has 5 nitrogen and oxygen atoms in total. The monoisotopic (exact) mass is 341 g/mol. The number of rotatable bonds is 4. The molecule has 0 saturated heterocycles. The standard InChI is InChI=1S/C17H12FN3O2S/c18-15-8-12(9-19)6-7-16(15)21-24(22,23)17-11-20-10-14(17)13-4-2-1-3-5-13/h1-8,10-11,20-21H. The molecule has 0 radical (unpaired) electrons. The Kier molecular flexibility index (Phi) is 4.06. The van der Waals surface area contributed by atoms with Gasteiger partial charge in [0.1, 0.15) is 10.7 Å². The zero-order valence-corrected chi connectivity index (χ0v) is 13.1. The van der Waals surface area contributed by atoms with Crippen molar-refractivity contribution in [3.63, 3.8) is 0 Å². The highest BCUT2D eigenvalue weighted by Crippen LogP contribution is 2.29. The van der Waals surface area contributed by atoms with E-state index in [1.54, 1.807) is 36.5 Å². The summed E-state index contributed by atoms with van der Waals surface area (Å²) in [4.78, 5) is 2.78. The number of nitrogens with one attached hydrogen (secondary N) is 2. The van der Waals surface area contributed by atoms with E-state index < -0.39 is 15.8 Å². The first-order valence-electron chi connectivity index (χ1n) is 6.96. The van der Waals surface area contributed by atoms with Crippen LogP contribution in [-0.4, -0.2) is 13.4 Å². The van der Waals surface area contributed by atoms with Crippen molar-refractivity contribution in [2.75, 3.05) is 4.72 Å². The van der Waals surface area contributed by atoms with Gasteiger partial charge in [0.2, 0.25) is 0 Å². The summed E-state index contributed by atoms with van der Waals surface area (Å²) in [5.41, 5.74) is 1.10. The smallest absolute Gasteiger partial charge is 0.264 e. The Hall–Kier alpha value is -3.11. The molecule has 3 rings (SSSR count). The van der Waals surface area contributed by atoms with Crippen LogP contribution in [0.15, 0.2) is 65.8 Å². The molecule has 0 aliphatic carbocycles. The van der Waals surface area contributed by atoms with Crippen LogP contribution in [0.1, 0.15) is 5.56 Å². The molecule has 0 unspecified atom stereocenters. The van der Waals surface area contributed by atoms with Gasteiger partial charge in [-0.15, -0.1) is 0 Å². The summed E-state index contributed by atoms with van der Waals surface area (Å²) in [7, 11) is -4.00. The number of hydrogen-bond acceptors (Lipinski definition) is 3. The van der Waals surface area contributed by atoms with E-state index in [4.69, 9.17) is 5.26 Å². The average Bonchev–Trinajstić information content (AvgIpc) is 3.08. The third-order valence-electron chi connectivity index (χ3n) is 3.42. The first-order chi connectivity index (χ1) is 11.5. The van der Waals surface area contributed by atoms with Crippen molar-refractivity contribution in [2.24, 2.45) is 0 Å². The molecule has 2 aromatic carbocycles. The van der Waals surface area contributed by atoms with Gasteiger partial charge in [-0.3, -0.25) is 4.72 Å². The summed E-state index contributed by atoms with van der Waals surface area (Å²) in [6.45, 7) is 0. The van der Waals surface area contributed by atoms with Crippen molar-refractivity contribution < 1.29 is 12.8 Å². The van der Waals surface area contributed by atoms with Gasteiger partial charge >= 0.3 is 0 Å². The summed E-state index contributed by atoms with van der Waals surface area (Å²) in [5, 5.41) is 8.74. The molecule has 0 saturated carbocycles. The molecule has 0 fully saturated rings. The molecule has 7 heteroatoms. The van der Waals surface area contributed by atoms with Crippen molar-refractivity contribution in [3.05, 3.63) is 72.3 Å². The second-order valence-electron chi connectivity index (χ2n) is 5.01. The highest BCUT2D eigenvalue weighted by molar-refractivity contribution is 7.92. The Balaban J connectivity index is 1.99. The normalized spacial score (nSPS) is 11.0. The third kappa shape index (κ3) is 3.00. The van der Waals surface area contributed by atoms with E-state index in [2.05, 4.69) is 9.71 Å². The van der Waals surface area contributed by atoms with Crippen LogP contribution in [0.5, 0.6) is 0 Å². The van der Waals surface area contributed by atoms with Crippen molar-refractivity contribution in [3.8, 4) is 17.2 Å². The van der Waals surface area contributed by atoms with Gasteiger partial charge in [-0.1, -0.05) is 30.3 Å². The Morgan fingerprint density at radius 1 is 1.08 bits per heavy atom. The van der Waals surface area contributed by atoms with Crippen LogP contribution in [0.2, 0.25) is 0 Å². The molecule has 1 heterocycles. The van der Waals surface area contributed by atoms with Crippen LogP contribution < -0.4 is 4.72 Å². The van der Waals surface area contributed by atoms with Gasteiger partial charge in [0, 0.05) is 18.0 Å². The number of anilines is 1. The van der Waals surface area contributed by atoms with E-state index in [-0.39, 0.29) is 16.1 Å². The number of hydrogen-bond donors (Lipinski definition) is 2. The summed E-state index contributed by atoms with van der Waals surface area (Å²) >= 11 is 0. The van der Waals surface area contributed by atoms with E-state index in [0.717, 1.165) is 11.6 Å². The lowest BCUT2D eigenvalue weighted by Crippen LogP contribution is -2.14. The topological polar surface area (TPSA) is 85.8 Å². The van der Waals surface area contributed by atoms with Crippen LogP contribution in [0.3, 0.4) is 0 Å². The van der Waals surface area contributed by atoms with Gasteiger partial charge in [0.25, 0.3) is 10.0 Å². The molecule has 0 amide bonds. The van der Waals surface area contributed by atoms with Crippen molar-refractivity contribution >= 4 is 15.7 Å². The third-order valence-corrected chi connectivity index (χ3v) is 4.83. The molecular weight excluding hydrogens is 329 g/mol. The summed E-state index contributed by atoms with van der Waals surface area (Å²) < 4.78 is 41.4. The first kappa shape index (κ1) is 15.8. The van der Waals surface area contributed by atoms with Gasteiger partial charge in [0.05, 0.1) is 17.3 Å². The zero-order valence-electron chi connectivity index (χ0n) is 12.3. The molecule has 0 spiro atoms. The largest absolute Gasteiger partial charge is 0.366 e. The number of benzene rings is 2. The average molecular weight is 341 g/mol. The quantitative estimate of drug-likeness (QED) is 0.761. The maximum Gasteiger partial charge on any atom is 0.264 e. The molecule has 0 atom stereocenters. The minimum atomic E-state index is -4.00. The minimum absolute atomic E-state index is 0.0115. The number of aromatic nitrogens is 1. The van der Waals surface area contributed by atoms with E-state index in [9.17, 15) is 12.8 Å². The molecule has 2 N–H and O–H groups in total. The van der Waals surface area contributed by atoms with Crippen molar-refractivity contribution in [1.29, 1.82) is 5.26 Å². The fraction of sp³-hybridized carbons (Fsp3) is 0. The number of nitriles is 1. The van der Waals surface area contributed by atoms with Gasteiger partial charge in [-0.25, -0.2) is 12.8 Å². The van der Waals surface area contributed by atoms with Gasteiger partial charge in [0.15, 0.2) is 0 Å². The van der Waals surface area contributed by atoms with E-state index in [1.807, 2.05) is 6.07 Å². The van der Waals surface area contributed by atoms with Crippen LogP contribution >= 0.6 is 0 Å². The van der Waals surface area contributed by atoms with Gasteiger partial charge in [-0.2, -0.15) is 5.26 Å². The molecule has 0 aliphatic rings. The lowest BCUT2D eigenvalue weighted by Gasteiger charge is -2.10. The van der Waals surface area contributed by atoms with Crippen molar-refractivity contribution in [2.45, 2.75) is 4.90 Å². The highest BCUT2D eigenvalue weighted by Gasteiger charge is 2.22. The second-order valence-corrected chi connectivity index (χ2v) is 6.66. The van der Waals surface area contributed by atoms with Crippen LogP contribution in [0, 0.1) is 17.1 Å². The highest BCUT2D eigenvalue weighted by atomic mass is 32.2. The second kappa shape index (κ2) is 6.18. The fourth-order valence-corrected chi connectivity index (χ4v) is 3.54. The van der Waals surface area contributed by atoms with Crippen LogP contribution in [-0.2, 0) is 10.0 Å². The SMILES string of the molecule is N#Cc1ccc(NS(=O)(=O)c2c[nH]cc2-c2ccccc2)c(F)c1. The number of halogens is 1. The lowest BCUT2D eigenvalue weighted by molar-refractivity contribution is 0.599. The first-order valence-corrected chi connectivity index (χ1v) is 8.44. The molecule has 120 valence electrons. The maximum absolute atomic E-state index is 13.9. The predicted octanol–water partition coefficient (Wildman–Crippen LogP) is 3.49. The summed E-state index contributed by atoms with van der Waals surface area (Å²) in [5.74, 6) is -0.811. The van der Waals surface area contributed by atoms with Crippen molar-refractivity contribution in [1.82, 2.24) is 4.98 Å². The maximum atomic E-state index is 13.9. The fourth-order valence-electron chi connectivity index (χ4n) is 2.28. The van der Waals surface area contributed by atoms with E-state index in [0.29, 0.717) is 5.56 Å². The van der Waals surface area contributed by atoms with E-state index in [1.165, 1.54) is 18.3 Å². The molecular formula is C17H12FN3O2S. The Labute approximate surface area is 138 Å². The summed E-state index contributed by atoms with van der Waals surface area (Å²) in [6.07, 6.45) is 2.91. The Bertz CT molecular complexity index is 1020. The lowest BCUT2D eigenvalue weighted by atomic mass is 10.1. The zero-order chi connectivity index (χ0) is 17.2. The number of nitrogens with zero attached hydrogens (tertiary/aromatic N) is 1. The van der Waals surface area contributed by atoms with Gasteiger partial charge in [-0.05, 0) is 23.8 Å². The Morgan fingerprint density at radius 3 is 2.50 bits per heavy atom. The molecule has 3 aromatic rings. The van der Waals surface area contributed by atoms with Crippen LogP contribution in [0.25, 0.3) is 11.1 Å². The molecule has 0 bridgehead atoms. The minimum Gasteiger partial charge on any atom is -0.366 e. The number of H-pyrrole nitrogens is 1. The van der Waals surface area contributed by atoms with E-state index >= 15 is 0 Å². The number of sulfonamides is 1. The summed E-state index contributed by atoms with van der Waals surface area (Å²) in [6, 6.07) is 14.3. The molecule has 24 heavy (non-hydrogen) atoms. The van der Waals surface area contributed by atoms with Crippen LogP contribution in [0.4, 0.5) is 10.1 Å².